The lowest BCUT2D eigenvalue weighted by Crippen LogP contribution is -2.53. The van der Waals surface area contributed by atoms with E-state index in [0.717, 1.165) is 31.6 Å². The van der Waals surface area contributed by atoms with Crippen LogP contribution < -0.4 is 10.6 Å². The fourth-order valence-corrected chi connectivity index (χ4v) is 2.20. The lowest BCUT2D eigenvalue weighted by atomic mass is 9.89. The molecule has 4 heteroatoms. The third-order valence-corrected chi connectivity index (χ3v) is 3.44. The van der Waals surface area contributed by atoms with Gasteiger partial charge in [0.05, 0.1) is 17.9 Å². The number of nitrogens with two attached hydrogens (primary N) is 1. The number of anilines is 1. The minimum atomic E-state index is -0.446. The van der Waals surface area contributed by atoms with Gasteiger partial charge in [-0.1, -0.05) is 12.1 Å². The molecule has 0 atom stereocenters. The number of hydrogen-bond donors (Lipinski definition) is 2. The first-order valence-corrected chi connectivity index (χ1v) is 5.82. The number of aliphatic hydroxyl groups is 1. The van der Waals surface area contributed by atoms with E-state index in [1.165, 1.54) is 0 Å². The van der Waals surface area contributed by atoms with Gasteiger partial charge >= 0.3 is 0 Å². The summed E-state index contributed by atoms with van der Waals surface area (Å²) in [6, 6.07) is 9.79. The number of rotatable bonds is 2. The van der Waals surface area contributed by atoms with Crippen LogP contribution in [0.25, 0.3) is 0 Å². The SMILES string of the molecule is N#Cc1ccccc1N1CCC(N)(CO)CC1. The van der Waals surface area contributed by atoms with Crippen LogP contribution in [0.4, 0.5) is 5.69 Å². The minimum Gasteiger partial charge on any atom is -0.394 e. The van der Waals surface area contributed by atoms with E-state index in [9.17, 15) is 5.11 Å². The number of aliphatic hydroxyl groups excluding tert-OH is 1. The second kappa shape index (κ2) is 4.74. The molecule has 3 N–H and O–H groups in total. The lowest BCUT2D eigenvalue weighted by molar-refractivity contribution is 0.170. The van der Waals surface area contributed by atoms with Crippen LogP contribution in [-0.2, 0) is 0 Å². The Morgan fingerprint density at radius 2 is 2.00 bits per heavy atom. The van der Waals surface area contributed by atoms with Crippen LogP contribution in [0.2, 0.25) is 0 Å². The molecule has 1 aromatic carbocycles. The highest BCUT2D eigenvalue weighted by atomic mass is 16.3. The number of nitrogens with zero attached hydrogens (tertiary/aromatic N) is 2. The van der Waals surface area contributed by atoms with Crippen LogP contribution in [0.5, 0.6) is 0 Å². The maximum Gasteiger partial charge on any atom is 0.101 e. The van der Waals surface area contributed by atoms with Crippen molar-refractivity contribution in [2.45, 2.75) is 18.4 Å². The quantitative estimate of drug-likeness (QED) is 0.791. The molecule has 4 nitrogen and oxygen atoms in total. The van der Waals surface area contributed by atoms with E-state index in [4.69, 9.17) is 11.0 Å². The summed E-state index contributed by atoms with van der Waals surface area (Å²) in [6.45, 7) is 1.60. The van der Waals surface area contributed by atoms with Crippen LogP contribution in [0.1, 0.15) is 18.4 Å². The summed E-state index contributed by atoms with van der Waals surface area (Å²) in [6.07, 6.45) is 1.51. The molecule has 1 saturated heterocycles. The first-order chi connectivity index (χ1) is 8.18. The van der Waals surface area contributed by atoms with E-state index < -0.39 is 5.54 Å². The number of piperidine rings is 1. The minimum absolute atomic E-state index is 0.0285. The van der Waals surface area contributed by atoms with Crippen molar-refractivity contribution < 1.29 is 5.11 Å². The maximum atomic E-state index is 9.21. The van der Waals surface area contributed by atoms with Crippen molar-refractivity contribution in [2.75, 3.05) is 24.6 Å². The van der Waals surface area contributed by atoms with Crippen molar-refractivity contribution in [3.8, 4) is 6.07 Å². The van der Waals surface area contributed by atoms with Gasteiger partial charge in [-0.25, -0.2) is 0 Å². The zero-order chi connectivity index (χ0) is 12.3. The predicted octanol–water partition coefficient (Wildman–Crippen LogP) is 0.848. The third-order valence-electron chi connectivity index (χ3n) is 3.44. The molecule has 0 radical (unpaired) electrons. The highest BCUT2D eigenvalue weighted by Crippen LogP contribution is 2.26. The normalized spacial score (nSPS) is 18.8. The molecule has 0 aliphatic carbocycles. The molecule has 0 unspecified atom stereocenters. The van der Waals surface area contributed by atoms with Gasteiger partial charge in [0.25, 0.3) is 0 Å². The van der Waals surface area contributed by atoms with Crippen LogP contribution in [0.15, 0.2) is 24.3 Å². The van der Waals surface area contributed by atoms with Gasteiger partial charge in [0.1, 0.15) is 6.07 Å². The smallest absolute Gasteiger partial charge is 0.101 e. The lowest BCUT2D eigenvalue weighted by Gasteiger charge is -2.39. The molecule has 1 aliphatic rings. The molecular weight excluding hydrogens is 214 g/mol. The van der Waals surface area contributed by atoms with Crippen LogP contribution >= 0.6 is 0 Å². The fourth-order valence-electron chi connectivity index (χ4n) is 2.20. The first-order valence-electron chi connectivity index (χ1n) is 5.82. The Morgan fingerprint density at radius 3 is 2.59 bits per heavy atom. The van der Waals surface area contributed by atoms with Gasteiger partial charge in [-0.15, -0.1) is 0 Å². The Morgan fingerprint density at radius 1 is 1.35 bits per heavy atom. The molecule has 0 spiro atoms. The van der Waals surface area contributed by atoms with Crippen molar-refractivity contribution in [1.82, 2.24) is 0 Å². The van der Waals surface area contributed by atoms with Crippen LogP contribution in [-0.4, -0.2) is 30.3 Å². The average Bonchev–Trinajstić information content (AvgIpc) is 2.40. The van der Waals surface area contributed by atoms with E-state index in [-0.39, 0.29) is 6.61 Å². The topological polar surface area (TPSA) is 73.3 Å². The van der Waals surface area contributed by atoms with Crippen LogP contribution in [0, 0.1) is 11.3 Å². The summed E-state index contributed by atoms with van der Waals surface area (Å²) in [5.74, 6) is 0. The predicted molar refractivity (Wildman–Crippen MR) is 66.6 cm³/mol. The van der Waals surface area contributed by atoms with Crippen molar-refractivity contribution >= 4 is 5.69 Å². The molecule has 0 bridgehead atoms. The fraction of sp³-hybridized carbons (Fsp3) is 0.462. The van der Waals surface area contributed by atoms with E-state index in [2.05, 4.69) is 11.0 Å². The number of hydrogen-bond acceptors (Lipinski definition) is 4. The summed E-state index contributed by atoms with van der Waals surface area (Å²) < 4.78 is 0. The third kappa shape index (κ3) is 2.41. The maximum absolute atomic E-state index is 9.21. The highest BCUT2D eigenvalue weighted by molar-refractivity contribution is 5.59. The van der Waals surface area contributed by atoms with Gasteiger partial charge in [-0.05, 0) is 25.0 Å². The molecule has 0 amide bonds. The van der Waals surface area contributed by atoms with E-state index in [0.29, 0.717) is 5.56 Å². The van der Waals surface area contributed by atoms with Gasteiger partial charge in [0.2, 0.25) is 0 Å². The Bertz CT molecular complexity index is 431. The van der Waals surface area contributed by atoms with Gasteiger partial charge in [-0.3, -0.25) is 0 Å². The molecular formula is C13H17N3O. The molecule has 90 valence electrons. The summed E-state index contributed by atoms with van der Waals surface area (Å²) in [5, 5.41) is 18.3. The highest BCUT2D eigenvalue weighted by Gasteiger charge is 2.30. The molecule has 0 aromatic heterocycles. The molecule has 1 aromatic rings. The molecule has 2 rings (SSSR count). The van der Waals surface area contributed by atoms with Crippen molar-refractivity contribution in [2.24, 2.45) is 5.73 Å². The summed E-state index contributed by atoms with van der Waals surface area (Å²) in [7, 11) is 0. The standard InChI is InChI=1S/C13H17N3O/c14-9-11-3-1-2-4-12(11)16-7-5-13(15,10-17)6-8-16/h1-4,17H,5-8,10,15H2. The Balaban J connectivity index is 2.14. The first kappa shape index (κ1) is 11.9. The molecule has 1 aliphatic heterocycles. The molecule has 0 saturated carbocycles. The van der Waals surface area contributed by atoms with Crippen molar-refractivity contribution in [3.63, 3.8) is 0 Å². The Hall–Kier alpha value is -1.57. The molecule has 1 fully saturated rings. The largest absolute Gasteiger partial charge is 0.394 e. The Labute approximate surface area is 101 Å². The van der Waals surface area contributed by atoms with E-state index in [1.54, 1.807) is 0 Å². The van der Waals surface area contributed by atoms with Gasteiger partial charge in [-0.2, -0.15) is 5.26 Å². The number of nitriles is 1. The monoisotopic (exact) mass is 231 g/mol. The second-order valence-electron chi connectivity index (χ2n) is 4.64. The summed E-state index contributed by atoms with van der Waals surface area (Å²) >= 11 is 0. The average molecular weight is 231 g/mol. The zero-order valence-electron chi connectivity index (χ0n) is 9.76. The zero-order valence-corrected chi connectivity index (χ0v) is 9.76. The second-order valence-corrected chi connectivity index (χ2v) is 4.64. The van der Waals surface area contributed by atoms with E-state index >= 15 is 0 Å². The summed E-state index contributed by atoms with van der Waals surface area (Å²) in [4.78, 5) is 2.17. The Kier molecular flexibility index (Phi) is 3.32. The van der Waals surface area contributed by atoms with E-state index in [1.807, 2.05) is 24.3 Å². The van der Waals surface area contributed by atoms with Crippen molar-refractivity contribution in [3.05, 3.63) is 29.8 Å². The van der Waals surface area contributed by atoms with Gasteiger partial charge < -0.3 is 15.7 Å². The molecule has 17 heavy (non-hydrogen) atoms. The number of para-hydroxylation sites is 1. The van der Waals surface area contributed by atoms with Gasteiger partial charge in [0.15, 0.2) is 0 Å². The number of benzene rings is 1. The molecule has 1 heterocycles. The van der Waals surface area contributed by atoms with Crippen LogP contribution in [0.3, 0.4) is 0 Å². The van der Waals surface area contributed by atoms with Crippen molar-refractivity contribution in [1.29, 1.82) is 5.26 Å². The summed E-state index contributed by atoms with van der Waals surface area (Å²) in [5.41, 5.74) is 7.24. The van der Waals surface area contributed by atoms with Gasteiger partial charge in [0, 0.05) is 18.6 Å².